The summed E-state index contributed by atoms with van der Waals surface area (Å²) in [6.07, 6.45) is -2.38. The fourth-order valence-electron chi connectivity index (χ4n) is 3.73. The monoisotopic (exact) mass is 461 g/mol. The number of carbonyl (C=O) groups excluding carboxylic acids is 2. The van der Waals surface area contributed by atoms with E-state index < -0.39 is 17.6 Å². The summed E-state index contributed by atoms with van der Waals surface area (Å²) in [5, 5.41) is 5.63. The minimum absolute atomic E-state index is 0.0999. The summed E-state index contributed by atoms with van der Waals surface area (Å²) in [4.78, 5) is 27.7. The molecule has 0 bridgehead atoms. The van der Waals surface area contributed by atoms with Crippen molar-refractivity contribution in [1.82, 2.24) is 5.32 Å². The summed E-state index contributed by atoms with van der Waals surface area (Å²) < 4.78 is 38.3. The van der Waals surface area contributed by atoms with Crippen LogP contribution >= 0.6 is 0 Å². The van der Waals surface area contributed by atoms with Crippen LogP contribution in [0.15, 0.2) is 42.5 Å². The van der Waals surface area contributed by atoms with Gasteiger partial charge in [-0.05, 0) is 67.1 Å². The van der Waals surface area contributed by atoms with Crippen LogP contribution < -0.4 is 15.5 Å². The van der Waals surface area contributed by atoms with Crippen LogP contribution in [0.1, 0.15) is 59.9 Å². The molecule has 0 saturated carbocycles. The van der Waals surface area contributed by atoms with Gasteiger partial charge in [-0.2, -0.15) is 13.2 Å². The van der Waals surface area contributed by atoms with Gasteiger partial charge in [0.1, 0.15) is 0 Å². The van der Waals surface area contributed by atoms with Crippen molar-refractivity contribution in [3.8, 4) is 0 Å². The number of benzene rings is 2. The second-order valence-corrected chi connectivity index (χ2v) is 9.03. The van der Waals surface area contributed by atoms with Crippen LogP contribution in [0.5, 0.6) is 0 Å². The Balaban J connectivity index is 1.82. The van der Waals surface area contributed by atoms with Gasteiger partial charge in [0, 0.05) is 36.6 Å². The lowest BCUT2D eigenvalue weighted by molar-refractivity contribution is -0.137. The molecule has 8 heteroatoms. The Labute approximate surface area is 192 Å². The zero-order chi connectivity index (χ0) is 24.2. The van der Waals surface area contributed by atoms with Gasteiger partial charge in [0.25, 0.3) is 11.8 Å². The third-order valence-electron chi connectivity index (χ3n) is 5.77. The first-order valence-corrected chi connectivity index (χ1v) is 11.2. The van der Waals surface area contributed by atoms with Crippen LogP contribution in [0, 0.1) is 11.8 Å². The van der Waals surface area contributed by atoms with E-state index in [0.29, 0.717) is 23.7 Å². The number of carbonyl (C=O) groups is 2. The molecule has 1 aliphatic heterocycles. The van der Waals surface area contributed by atoms with E-state index in [9.17, 15) is 22.8 Å². The molecule has 2 aromatic carbocycles. The highest BCUT2D eigenvalue weighted by Gasteiger charge is 2.30. The van der Waals surface area contributed by atoms with Crippen molar-refractivity contribution in [1.29, 1.82) is 0 Å². The number of nitrogens with zero attached hydrogens (tertiary/aromatic N) is 1. The number of halogens is 3. The minimum Gasteiger partial charge on any atom is -0.371 e. The normalized spacial score (nSPS) is 14.9. The summed E-state index contributed by atoms with van der Waals surface area (Å²) in [5.74, 6) is 0.164. The lowest BCUT2D eigenvalue weighted by atomic mass is 9.97. The number of amides is 2. The predicted molar refractivity (Wildman–Crippen MR) is 124 cm³/mol. The van der Waals surface area contributed by atoms with Crippen molar-refractivity contribution < 1.29 is 22.8 Å². The molecular weight excluding hydrogens is 431 g/mol. The van der Waals surface area contributed by atoms with E-state index in [2.05, 4.69) is 22.5 Å². The summed E-state index contributed by atoms with van der Waals surface area (Å²) in [6.45, 7) is 8.46. The Kier molecular flexibility index (Phi) is 7.66. The maximum atomic E-state index is 13.0. The van der Waals surface area contributed by atoms with E-state index in [1.54, 1.807) is 12.1 Å². The van der Waals surface area contributed by atoms with Gasteiger partial charge in [0.05, 0.1) is 11.1 Å². The Bertz CT molecular complexity index is 979. The molecule has 0 aliphatic carbocycles. The topological polar surface area (TPSA) is 61.4 Å². The van der Waals surface area contributed by atoms with Crippen molar-refractivity contribution >= 4 is 23.2 Å². The Morgan fingerprint density at radius 3 is 2.24 bits per heavy atom. The number of hydrogen-bond acceptors (Lipinski definition) is 3. The largest absolute Gasteiger partial charge is 0.416 e. The standard InChI is InChI=1S/C25H30F3N3O2/c1-16(2)15-29-24(33)21-14-20(8-9-22(21)31-12-10-17(3)11-13-31)30-23(32)18-4-6-19(7-5-18)25(26,27)28/h4-9,14,16-17H,10-13,15H2,1-3H3,(H,29,33)(H,30,32). The zero-order valence-corrected chi connectivity index (χ0v) is 19.1. The first-order chi connectivity index (χ1) is 15.5. The highest BCUT2D eigenvalue weighted by Crippen LogP contribution is 2.30. The molecule has 2 N–H and O–H groups in total. The number of anilines is 2. The summed E-state index contributed by atoms with van der Waals surface area (Å²) in [7, 11) is 0. The number of piperidine rings is 1. The van der Waals surface area contributed by atoms with Crippen LogP contribution in [0.3, 0.4) is 0 Å². The molecule has 0 aromatic heterocycles. The van der Waals surface area contributed by atoms with Crippen LogP contribution in [-0.2, 0) is 6.18 Å². The Morgan fingerprint density at radius 2 is 1.67 bits per heavy atom. The van der Waals surface area contributed by atoms with Gasteiger partial charge in [-0.1, -0.05) is 20.8 Å². The summed E-state index contributed by atoms with van der Waals surface area (Å²) in [6, 6.07) is 9.19. The molecule has 2 aromatic rings. The number of alkyl halides is 3. The van der Waals surface area contributed by atoms with E-state index >= 15 is 0 Å². The maximum Gasteiger partial charge on any atom is 0.416 e. The van der Waals surface area contributed by atoms with Crippen molar-refractivity contribution in [2.45, 2.75) is 39.8 Å². The molecule has 1 heterocycles. The predicted octanol–water partition coefficient (Wildman–Crippen LogP) is 5.58. The molecule has 1 aliphatic rings. The van der Waals surface area contributed by atoms with Crippen LogP contribution in [-0.4, -0.2) is 31.4 Å². The molecule has 178 valence electrons. The van der Waals surface area contributed by atoms with Crippen LogP contribution in [0.25, 0.3) is 0 Å². The molecule has 0 atom stereocenters. The third kappa shape index (κ3) is 6.49. The quantitative estimate of drug-likeness (QED) is 0.590. The first-order valence-electron chi connectivity index (χ1n) is 11.2. The van der Waals surface area contributed by atoms with Crippen LogP contribution in [0.2, 0.25) is 0 Å². The Morgan fingerprint density at radius 1 is 1.03 bits per heavy atom. The third-order valence-corrected chi connectivity index (χ3v) is 5.77. The second-order valence-electron chi connectivity index (χ2n) is 9.03. The van der Waals surface area contributed by atoms with Crippen molar-refractivity contribution in [2.24, 2.45) is 11.8 Å². The van der Waals surface area contributed by atoms with E-state index in [1.165, 1.54) is 0 Å². The fourth-order valence-corrected chi connectivity index (χ4v) is 3.73. The summed E-state index contributed by atoms with van der Waals surface area (Å²) >= 11 is 0. The lowest BCUT2D eigenvalue weighted by Crippen LogP contribution is -2.35. The molecule has 0 spiro atoms. The van der Waals surface area contributed by atoms with Gasteiger partial charge in [-0.3, -0.25) is 9.59 Å². The Hall–Kier alpha value is -3.03. The molecule has 5 nitrogen and oxygen atoms in total. The second kappa shape index (κ2) is 10.3. The molecule has 33 heavy (non-hydrogen) atoms. The zero-order valence-electron chi connectivity index (χ0n) is 19.1. The van der Waals surface area contributed by atoms with E-state index in [1.807, 2.05) is 19.9 Å². The van der Waals surface area contributed by atoms with Gasteiger partial charge in [-0.15, -0.1) is 0 Å². The molecule has 3 rings (SSSR count). The van der Waals surface area contributed by atoms with Gasteiger partial charge in [0.2, 0.25) is 0 Å². The average molecular weight is 462 g/mol. The highest BCUT2D eigenvalue weighted by molar-refractivity contribution is 6.06. The van der Waals surface area contributed by atoms with E-state index in [-0.39, 0.29) is 17.4 Å². The van der Waals surface area contributed by atoms with Crippen molar-refractivity contribution in [3.63, 3.8) is 0 Å². The lowest BCUT2D eigenvalue weighted by Gasteiger charge is -2.33. The van der Waals surface area contributed by atoms with Crippen LogP contribution in [0.4, 0.5) is 24.5 Å². The average Bonchev–Trinajstić information content (AvgIpc) is 2.77. The van der Waals surface area contributed by atoms with E-state index in [4.69, 9.17) is 0 Å². The molecule has 0 unspecified atom stereocenters. The highest BCUT2D eigenvalue weighted by atomic mass is 19.4. The molecule has 2 amide bonds. The molecule has 0 radical (unpaired) electrons. The fraction of sp³-hybridized carbons (Fsp3) is 0.440. The SMILES string of the molecule is CC(C)CNC(=O)c1cc(NC(=O)c2ccc(C(F)(F)F)cc2)ccc1N1CCC(C)CC1. The van der Waals surface area contributed by atoms with Crippen molar-refractivity contribution in [2.75, 3.05) is 29.9 Å². The molecule has 1 saturated heterocycles. The first kappa shape index (κ1) is 24.6. The van der Waals surface area contributed by atoms with Crippen molar-refractivity contribution in [3.05, 3.63) is 59.2 Å². The number of nitrogens with one attached hydrogen (secondary N) is 2. The minimum atomic E-state index is -4.46. The number of hydrogen-bond donors (Lipinski definition) is 2. The molecular formula is C25H30F3N3O2. The smallest absolute Gasteiger partial charge is 0.371 e. The van der Waals surface area contributed by atoms with Gasteiger partial charge >= 0.3 is 6.18 Å². The number of rotatable bonds is 6. The van der Waals surface area contributed by atoms with Gasteiger partial charge in [0.15, 0.2) is 0 Å². The van der Waals surface area contributed by atoms with Gasteiger partial charge in [-0.25, -0.2) is 0 Å². The molecule has 1 fully saturated rings. The summed E-state index contributed by atoms with van der Waals surface area (Å²) in [5.41, 5.74) is 0.973. The van der Waals surface area contributed by atoms with Gasteiger partial charge < -0.3 is 15.5 Å². The maximum absolute atomic E-state index is 13.0. The van der Waals surface area contributed by atoms with E-state index in [0.717, 1.165) is 55.9 Å².